The lowest BCUT2D eigenvalue weighted by molar-refractivity contribution is -0.149. The standard InChI is InChI=1S/C21H29N3O2/c1-20(2,3)24-13-17(11-22-24)21(25)9-18-14-26-15-19(10-21)23(18)12-16-7-5-4-6-8-16/h4-8,11,13,18-19,25H,9-10,12,14-15H2,1-3H3. The first-order valence-electron chi connectivity index (χ1n) is 9.51. The summed E-state index contributed by atoms with van der Waals surface area (Å²) >= 11 is 0. The lowest BCUT2D eigenvalue weighted by Crippen LogP contribution is -2.60. The van der Waals surface area contributed by atoms with Crippen LogP contribution in [0.5, 0.6) is 0 Å². The minimum Gasteiger partial charge on any atom is -0.385 e. The van der Waals surface area contributed by atoms with Crippen molar-refractivity contribution >= 4 is 0 Å². The molecule has 0 amide bonds. The van der Waals surface area contributed by atoms with E-state index in [2.05, 4.69) is 61.1 Å². The van der Waals surface area contributed by atoms with E-state index in [-0.39, 0.29) is 17.6 Å². The van der Waals surface area contributed by atoms with Crippen molar-refractivity contribution in [1.29, 1.82) is 0 Å². The molecule has 0 aliphatic carbocycles. The number of hydrogen-bond donors (Lipinski definition) is 1. The van der Waals surface area contributed by atoms with Gasteiger partial charge in [0.25, 0.3) is 0 Å². The van der Waals surface area contributed by atoms with Crippen LogP contribution in [0.2, 0.25) is 0 Å². The minimum atomic E-state index is -0.824. The predicted molar refractivity (Wildman–Crippen MR) is 101 cm³/mol. The minimum absolute atomic E-state index is 0.0817. The Labute approximate surface area is 155 Å². The van der Waals surface area contributed by atoms with Crippen LogP contribution in [-0.2, 0) is 22.4 Å². The van der Waals surface area contributed by atoms with Gasteiger partial charge in [-0.3, -0.25) is 9.58 Å². The molecule has 0 radical (unpaired) electrons. The highest BCUT2D eigenvalue weighted by molar-refractivity contribution is 5.21. The second-order valence-electron chi connectivity index (χ2n) is 8.79. The van der Waals surface area contributed by atoms with Crippen LogP contribution in [0.3, 0.4) is 0 Å². The van der Waals surface area contributed by atoms with Crippen LogP contribution in [0.15, 0.2) is 42.7 Å². The van der Waals surface area contributed by atoms with Crippen molar-refractivity contribution in [2.24, 2.45) is 0 Å². The van der Waals surface area contributed by atoms with Gasteiger partial charge < -0.3 is 9.84 Å². The van der Waals surface area contributed by atoms with Gasteiger partial charge in [-0.15, -0.1) is 0 Å². The van der Waals surface area contributed by atoms with Crippen LogP contribution < -0.4 is 0 Å². The number of aromatic nitrogens is 2. The second kappa shape index (κ2) is 6.48. The van der Waals surface area contributed by atoms with Gasteiger partial charge in [-0.2, -0.15) is 5.10 Å². The van der Waals surface area contributed by atoms with Gasteiger partial charge in [0.1, 0.15) is 0 Å². The van der Waals surface area contributed by atoms with Gasteiger partial charge in [-0.05, 0) is 39.2 Å². The lowest BCUT2D eigenvalue weighted by Gasteiger charge is -2.51. The Bertz CT molecular complexity index is 736. The average molecular weight is 355 g/mol. The van der Waals surface area contributed by atoms with E-state index in [1.807, 2.05) is 17.1 Å². The third-order valence-corrected chi connectivity index (χ3v) is 5.72. The van der Waals surface area contributed by atoms with E-state index in [1.54, 1.807) is 0 Å². The molecule has 2 atom stereocenters. The number of benzene rings is 1. The van der Waals surface area contributed by atoms with E-state index in [0.29, 0.717) is 26.1 Å². The molecule has 2 aliphatic rings. The SMILES string of the molecule is CC(C)(C)n1cc(C2(O)CC3COCC(C2)N3Cc2ccccc2)cn1. The van der Waals surface area contributed by atoms with Crippen LogP contribution in [0.4, 0.5) is 0 Å². The van der Waals surface area contributed by atoms with Crippen molar-refractivity contribution in [3.8, 4) is 0 Å². The Morgan fingerprint density at radius 1 is 1.15 bits per heavy atom. The zero-order valence-corrected chi connectivity index (χ0v) is 15.9. The average Bonchev–Trinajstić information content (AvgIpc) is 3.08. The Morgan fingerprint density at radius 3 is 2.38 bits per heavy atom. The highest BCUT2D eigenvalue weighted by Crippen LogP contribution is 2.41. The molecule has 26 heavy (non-hydrogen) atoms. The number of hydrogen-bond acceptors (Lipinski definition) is 4. The summed E-state index contributed by atoms with van der Waals surface area (Å²) in [5.41, 5.74) is 1.34. The summed E-state index contributed by atoms with van der Waals surface area (Å²) < 4.78 is 7.77. The van der Waals surface area contributed by atoms with Gasteiger partial charge in [-0.1, -0.05) is 30.3 Å². The fourth-order valence-corrected chi connectivity index (χ4v) is 4.26. The monoisotopic (exact) mass is 355 g/mol. The highest BCUT2D eigenvalue weighted by atomic mass is 16.5. The molecule has 5 heteroatoms. The lowest BCUT2D eigenvalue weighted by atomic mass is 9.77. The smallest absolute Gasteiger partial charge is 0.0958 e. The molecule has 4 rings (SSSR count). The summed E-state index contributed by atoms with van der Waals surface area (Å²) in [5.74, 6) is 0. The van der Waals surface area contributed by atoms with Gasteiger partial charge in [0.05, 0.1) is 30.6 Å². The van der Waals surface area contributed by atoms with Crippen molar-refractivity contribution in [2.75, 3.05) is 13.2 Å². The molecule has 2 fully saturated rings. The van der Waals surface area contributed by atoms with E-state index in [4.69, 9.17) is 4.74 Å². The number of morpholine rings is 1. The zero-order valence-electron chi connectivity index (χ0n) is 15.9. The van der Waals surface area contributed by atoms with E-state index in [0.717, 1.165) is 12.1 Å². The van der Waals surface area contributed by atoms with E-state index < -0.39 is 5.60 Å². The highest BCUT2D eigenvalue weighted by Gasteiger charge is 2.47. The first-order valence-corrected chi connectivity index (χ1v) is 9.51. The molecule has 1 aromatic heterocycles. The first kappa shape index (κ1) is 17.7. The Balaban J connectivity index is 1.56. The van der Waals surface area contributed by atoms with Gasteiger partial charge in [-0.25, -0.2) is 0 Å². The third kappa shape index (κ3) is 3.31. The largest absolute Gasteiger partial charge is 0.385 e. The number of fused-ring (bicyclic) bond motifs is 2. The van der Waals surface area contributed by atoms with Crippen molar-refractivity contribution in [2.45, 2.75) is 63.4 Å². The van der Waals surface area contributed by atoms with Crippen LogP contribution in [0.1, 0.15) is 44.7 Å². The summed E-state index contributed by atoms with van der Waals surface area (Å²) in [6.45, 7) is 8.64. The predicted octanol–water partition coefficient (Wildman–Crippen LogP) is 2.89. The van der Waals surface area contributed by atoms with E-state index in [9.17, 15) is 5.11 Å². The van der Waals surface area contributed by atoms with Crippen LogP contribution in [0.25, 0.3) is 0 Å². The molecule has 2 aliphatic heterocycles. The molecule has 0 saturated carbocycles. The van der Waals surface area contributed by atoms with Crippen molar-refractivity contribution in [1.82, 2.24) is 14.7 Å². The molecule has 0 spiro atoms. The number of aliphatic hydroxyl groups is 1. The van der Waals surface area contributed by atoms with Gasteiger partial charge in [0.15, 0.2) is 0 Å². The molecule has 2 saturated heterocycles. The second-order valence-corrected chi connectivity index (χ2v) is 8.79. The molecule has 5 nitrogen and oxygen atoms in total. The van der Waals surface area contributed by atoms with Crippen LogP contribution in [-0.4, -0.2) is 45.1 Å². The molecular weight excluding hydrogens is 326 g/mol. The quantitative estimate of drug-likeness (QED) is 0.920. The summed E-state index contributed by atoms with van der Waals surface area (Å²) in [6, 6.07) is 11.0. The summed E-state index contributed by atoms with van der Waals surface area (Å²) in [4.78, 5) is 2.52. The number of piperidine rings is 1. The fraction of sp³-hybridized carbons (Fsp3) is 0.571. The number of rotatable bonds is 3. The topological polar surface area (TPSA) is 50.5 Å². The summed E-state index contributed by atoms with van der Waals surface area (Å²) in [7, 11) is 0. The van der Waals surface area contributed by atoms with Gasteiger partial charge >= 0.3 is 0 Å². The molecule has 3 heterocycles. The van der Waals surface area contributed by atoms with E-state index in [1.165, 1.54) is 5.56 Å². The number of ether oxygens (including phenoxy) is 1. The molecule has 2 unspecified atom stereocenters. The molecule has 140 valence electrons. The first-order chi connectivity index (χ1) is 12.4. The van der Waals surface area contributed by atoms with E-state index >= 15 is 0 Å². The van der Waals surface area contributed by atoms with Gasteiger partial charge in [0, 0.05) is 30.4 Å². The maximum Gasteiger partial charge on any atom is 0.0958 e. The maximum atomic E-state index is 11.5. The van der Waals surface area contributed by atoms with Crippen LogP contribution >= 0.6 is 0 Å². The normalized spacial score (nSPS) is 29.7. The zero-order chi connectivity index (χ0) is 18.4. The van der Waals surface area contributed by atoms with Crippen LogP contribution in [0, 0.1) is 0 Å². The van der Waals surface area contributed by atoms with Crippen molar-refractivity contribution in [3.63, 3.8) is 0 Å². The molecular formula is C21H29N3O2. The Kier molecular flexibility index (Phi) is 4.41. The molecule has 1 N–H and O–H groups in total. The molecule has 1 aromatic carbocycles. The Morgan fingerprint density at radius 2 is 1.81 bits per heavy atom. The molecule has 2 bridgehead atoms. The Hall–Kier alpha value is -1.69. The summed E-state index contributed by atoms with van der Waals surface area (Å²) in [5, 5.41) is 16.0. The fourth-order valence-electron chi connectivity index (χ4n) is 4.26. The van der Waals surface area contributed by atoms with Crippen molar-refractivity contribution in [3.05, 3.63) is 53.9 Å². The van der Waals surface area contributed by atoms with Crippen molar-refractivity contribution < 1.29 is 9.84 Å². The molecule has 2 aromatic rings. The maximum absolute atomic E-state index is 11.5. The summed E-state index contributed by atoms with van der Waals surface area (Å²) in [6.07, 6.45) is 5.23. The third-order valence-electron chi connectivity index (χ3n) is 5.72. The van der Waals surface area contributed by atoms with Gasteiger partial charge in [0.2, 0.25) is 0 Å². The number of nitrogens with zero attached hydrogens (tertiary/aromatic N) is 3.